The van der Waals surface area contributed by atoms with Gasteiger partial charge in [0, 0.05) is 21.7 Å². The summed E-state index contributed by atoms with van der Waals surface area (Å²) < 4.78 is 26.5. The fourth-order valence-electron chi connectivity index (χ4n) is 2.69. The highest BCUT2D eigenvalue weighted by Gasteiger charge is 2.23. The topological polar surface area (TPSA) is 58.2 Å². The monoisotopic (exact) mass is 396 g/mol. The summed E-state index contributed by atoms with van der Waals surface area (Å²) in [4.78, 5) is 25.2. The maximum Gasteiger partial charge on any atom is 0.254 e. The van der Waals surface area contributed by atoms with E-state index in [-0.39, 0.29) is 18.2 Å². The average Bonchev–Trinajstić information content (AvgIpc) is 2.60. The van der Waals surface area contributed by atoms with Crippen molar-refractivity contribution in [3.63, 3.8) is 0 Å². The Balaban J connectivity index is 1.60. The van der Waals surface area contributed by atoms with Gasteiger partial charge in [-0.25, -0.2) is 8.78 Å². The summed E-state index contributed by atoms with van der Waals surface area (Å²) in [6, 6.07) is 7.98. The van der Waals surface area contributed by atoms with E-state index in [0.717, 1.165) is 34.8 Å². The summed E-state index contributed by atoms with van der Waals surface area (Å²) in [5, 5.41) is 5.78. The molecule has 0 aromatic heterocycles. The van der Waals surface area contributed by atoms with Crippen molar-refractivity contribution < 1.29 is 18.4 Å². The normalized spacial score (nSPS) is 15.9. The molecule has 1 aliphatic heterocycles. The van der Waals surface area contributed by atoms with Gasteiger partial charge in [-0.05, 0) is 42.3 Å². The number of thioether (sulfide) groups is 1. The number of amides is 2. The van der Waals surface area contributed by atoms with Crippen LogP contribution in [0.4, 0.5) is 8.78 Å². The van der Waals surface area contributed by atoms with Gasteiger partial charge >= 0.3 is 0 Å². The standard InChI is InChI=1S/C18H15ClF2N2O2S/c19-10-1-4-16-13(7-10)15(5-6-26-16)23-17(24)9-22-18(25)12-3-2-11(20)8-14(12)21/h1-4,7-8,15H,5-6,9H2,(H,22,25)(H,23,24). The summed E-state index contributed by atoms with van der Waals surface area (Å²) >= 11 is 7.73. The van der Waals surface area contributed by atoms with Crippen molar-refractivity contribution in [2.45, 2.75) is 17.4 Å². The van der Waals surface area contributed by atoms with Crippen molar-refractivity contribution in [2.24, 2.45) is 0 Å². The second-order valence-electron chi connectivity index (χ2n) is 5.75. The fraction of sp³-hybridized carbons (Fsp3) is 0.222. The molecule has 136 valence electrons. The Labute approximate surface area is 158 Å². The van der Waals surface area contributed by atoms with E-state index in [1.54, 1.807) is 17.8 Å². The molecule has 1 aliphatic rings. The van der Waals surface area contributed by atoms with E-state index in [4.69, 9.17) is 11.6 Å². The minimum absolute atomic E-state index is 0.197. The number of rotatable bonds is 4. The molecule has 3 rings (SSSR count). The van der Waals surface area contributed by atoms with Crippen LogP contribution in [-0.2, 0) is 4.79 Å². The van der Waals surface area contributed by atoms with Crippen LogP contribution < -0.4 is 10.6 Å². The molecule has 26 heavy (non-hydrogen) atoms. The van der Waals surface area contributed by atoms with E-state index < -0.39 is 23.4 Å². The first-order valence-corrected chi connectivity index (χ1v) is 9.25. The Morgan fingerprint density at radius 1 is 1.19 bits per heavy atom. The smallest absolute Gasteiger partial charge is 0.254 e. The van der Waals surface area contributed by atoms with E-state index in [2.05, 4.69) is 10.6 Å². The predicted molar refractivity (Wildman–Crippen MR) is 96.4 cm³/mol. The molecule has 0 saturated heterocycles. The molecule has 4 nitrogen and oxygen atoms in total. The molecule has 2 N–H and O–H groups in total. The van der Waals surface area contributed by atoms with E-state index in [0.29, 0.717) is 11.1 Å². The van der Waals surface area contributed by atoms with Gasteiger partial charge in [0.2, 0.25) is 5.91 Å². The molecule has 0 fully saturated rings. The van der Waals surface area contributed by atoms with Gasteiger partial charge in [-0.3, -0.25) is 9.59 Å². The number of hydrogen-bond donors (Lipinski definition) is 2. The van der Waals surface area contributed by atoms with Crippen LogP contribution in [0, 0.1) is 11.6 Å². The molecule has 0 saturated carbocycles. The molecule has 2 amide bonds. The van der Waals surface area contributed by atoms with Gasteiger partial charge in [-0.1, -0.05) is 11.6 Å². The first kappa shape index (κ1) is 18.7. The van der Waals surface area contributed by atoms with Crippen LogP contribution in [0.2, 0.25) is 5.02 Å². The lowest BCUT2D eigenvalue weighted by atomic mass is 10.0. The lowest BCUT2D eigenvalue weighted by Gasteiger charge is -2.26. The van der Waals surface area contributed by atoms with Crippen molar-refractivity contribution in [1.82, 2.24) is 10.6 Å². The Hall–Kier alpha value is -2.12. The van der Waals surface area contributed by atoms with Crippen molar-refractivity contribution in [2.75, 3.05) is 12.3 Å². The summed E-state index contributed by atoms with van der Waals surface area (Å²) in [6.45, 7) is -0.310. The van der Waals surface area contributed by atoms with Crippen molar-refractivity contribution in [3.05, 3.63) is 64.2 Å². The molecule has 2 aromatic carbocycles. The number of fused-ring (bicyclic) bond motifs is 1. The fourth-order valence-corrected chi connectivity index (χ4v) is 3.98. The number of hydrogen-bond acceptors (Lipinski definition) is 3. The highest BCUT2D eigenvalue weighted by atomic mass is 35.5. The predicted octanol–water partition coefficient (Wildman–Crippen LogP) is 3.70. The van der Waals surface area contributed by atoms with Crippen molar-refractivity contribution in [1.29, 1.82) is 0 Å². The van der Waals surface area contributed by atoms with E-state index in [1.165, 1.54) is 0 Å². The third kappa shape index (κ3) is 4.34. The number of carbonyl (C=O) groups is 2. The Bertz CT molecular complexity index is 863. The quantitative estimate of drug-likeness (QED) is 0.828. The summed E-state index contributed by atoms with van der Waals surface area (Å²) in [6.07, 6.45) is 0.740. The molecule has 0 radical (unpaired) electrons. The molecule has 2 aromatic rings. The van der Waals surface area contributed by atoms with Gasteiger partial charge in [-0.2, -0.15) is 0 Å². The first-order valence-electron chi connectivity index (χ1n) is 7.89. The SMILES string of the molecule is O=C(CNC(=O)c1ccc(F)cc1F)NC1CCSc2ccc(Cl)cc21. The summed E-state index contributed by atoms with van der Waals surface area (Å²) in [5.41, 5.74) is 0.628. The third-order valence-electron chi connectivity index (χ3n) is 3.93. The molecule has 1 atom stereocenters. The molecule has 0 spiro atoms. The zero-order chi connectivity index (χ0) is 18.7. The van der Waals surface area contributed by atoms with Crippen LogP contribution in [0.5, 0.6) is 0 Å². The average molecular weight is 397 g/mol. The van der Waals surface area contributed by atoms with Gasteiger partial charge in [0.1, 0.15) is 11.6 Å². The second kappa shape index (κ2) is 8.05. The minimum atomic E-state index is -0.976. The van der Waals surface area contributed by atoms with E-state index >= 15 is 0 Å². The Morgan fingerprint density at radius 3 is 2.77 bits per heavy atom. The van der Waals surface area contributed by atoms with Gasteiger partial charge in [0.05, 0.1) is 18.2 Å². The van der Waals surface area contributed by atoms with Gasteiger partial charge < -0.3 is 10.6 Å². The van der Waals surface area contributed by atoms with Gasteiger partial charge in [0.15, 0.2) is 0 Å². The first-order chi connectivity index (χ1) is 12.4. The minimum Gasteiger partial charge on any atom is -0.348 e. The molecule has 1 heterocycles. The lowest BCUT2D eigenvalue weighted by Crippen LogP contribution is -2.39. The van der Waals surface area contributed by atoms with Crippen LogP contribution in [0.25, 0.3) is 0 Å². The van der Waals surface area contributed by atoms with Crippen LogP contribution in [0.15, 0.2) is 41.3 Å². The number of carbonyl (C=O) groups excluding carboxylic acids is 2. The lowest BCUT2D eigenvalue weighted by molar-refractivity contribution is -0.120. The zero-order valence-electron chi connectivity index (χ0n) is 13.5. The molecular formula is C18H15ClF2N2O2S. The number of halogens is 3. The van der Waals surface area contributed by atoms with Gasteiger partial charge in [0.25, 0.3) is 5.91 Å². The highest BCUT2D eigenvalue weighted by Crippen LogP contribution is 2.37. The van der Waals surface area contributed by atoms with Crippen LogP contribution in [0.1, 0.15) is 28.4 Å². The zero-order valence-corrected chi connectivity index (χ0v) is 15.1. The largest absolute Gasteiger partial charge is 0.348 e. The van der Waals surface area contributed by atoms with Crippen LogP contribution >= 0.6 is 23.4 Å². The molecular weight excluding hydrogens is 382 g/mol. The molecule has 0 bridgehead atoms. The number of benzene rings is 2. The second-order valence-corrected chi connectivity index (χ2v) is 7.32. The van der Waals surface area contributed by atoms with Crippen LogP contribution in [0.3, 0.4) is 0 Å². The maximum absolute atomic E-state index is 13.6. The van der Waals surface area contributed by atoms with E-state index in [1.807, 2.05) is 12.1 Å². The molecule has 1 unspecified atom stereocenters. The van der Waals surface area contributed by atoms with Crippen LogP contribution in [-0.4, -0.2) is 24.1 Å². The van der Waals surface area contributed by atoms with E-state index in [9.17, 15) is 18.4 Å². The third-order valence-corrected chi connectivity index (χ3v) is 5.29. The Morgan fingerprint density at radius 2 is 2.00 bits per heavy atom. The van der Waals surface area contributed by atoms with Crippen molar-refractivity contribution >= 4 is 35.2 Å². The van der Waals surface area contributed by atoms with Crippen molar-refractivity contribution in [3.8, 4) is 0 Å². The highest BCUT2D eigenvalue weighted by molar-refractivity contribution is 7.99. The van der Waals surface area contributed by atoms with Gasteiger partial charge in [-0.15, -0.1) is 11.8 Å². The summed E-state index contributed by atoms with van der Waals surface area (Å²) in [5.74, 6) is -2.07. The summed E-state index contributed by atoms with van der Waals surface area (Å²) in [7, 11) is 0. The maximum atomic E-state index is 13.6. The Kier molecular flexibility index (Phi) is 5.78. The number of nitrogens with one attached hydrogen (secondary N) is 2. The molecule has 8 heteroatoms. The molecule has 0 aliphatic carbocycles.